The van der Waals surface area contributed by atoms with Gasteiger partial charge in [0.25, 0.3) is 0 Å². The standard InChI is InChI=1S/C13H15N3O2/c1-9-5-3-4-6-11(9)8-16-10(2)12(14-15-16)7-13(17)18/h3-6H,7-8H2,1-2H3,(H,17,18). The zero-order valence-corrected chi connectivity index (χ0v) is 10.4. The first-order chi connectivity index (χ1) is 8.58. The fourth-order valence-corrected chi connectivity index (χ4v) is 1.80. The highest BCUT2D eigenvalue weighted by Crippen LogP contribution is 2.11. The number of hydrogen-bond acceptors (Lipinski definition) is 3. The summed E-state index contributed by atoms with van der Waals surface area (Å²) >= 11 is 0. The van der Waals surface area contributed by atoms with Gasteiger partial charge in [-0.15, -0.1) is 5.10 Å². The molecule has 0 aliphatic heterocycles. The van der Waals surface area contributed by atoms with E-state index in [9.17, 15) is 4.79 Å². The molecule has 0 aliphatic carbocycles. The van der Waals surface area contributed by atoms with Crippen LogP contribution < -0.4 is 0 Å². The number of rotatable bonds is 4. The highest BCUT2D eigenvalue weighted by molar-refractivity contribution is 5.69. The first-order valence-corrected chi connectivity index (χ1v) is 5.73. The van der Waals surface area contributed by atoms with Crippen molar-refractivity contribution < 1.29 is 9.90 Å². The van der Waals surface area contributed by atoms with Gasteiger partial charge in [0, 0.05) is 0 Å². The minimum absolute atomic E-state index is 0.0837. The molecule has 2 rings (SSSR count). The van der Waals surface area contributed by atoms with Crippen LogP contribution in [0.3, 0.4) is 0 Å². The third-order valence-corrected chi connectivity index (χ3v) is 2.98. The molecule has 0 bridgehead atoms. The monoisotopic (exact) mass is 245 g/mol. The third-order valence-electron chi connectivity index (χ3n) is 2.98. The summed E-state index contributed by atoms with van der Waals surface area (Å²) in [7, 11) is 0. The Morgan fingerprint density at radius 3 is 2.72 bits per heavy atom. The van der Waals surface area contributed by atoms with Gasteiger partial charge in [-0.2, -0.15) is 0 Å². The van der Waals surface area contributed by atoms with Crippen molar-refractivity contribution in [3.05, 3.63) is 46.8 Å². The van der Waals surface area contributed by atoms with Crippen LogP contribution in [0.1, 0.15) is 22.5 Å². The lowest BCUT2D eigenvalue weighted by molar-refractivity contribution is -0.136. The summed E-state index contributed by atoms with van der Waals surface area (Å²) in [5.41, 5.74) is 3.68. The molecule has 0 atom stereocenters. The Labute approximate surface area is 105 Å². The Kier molecular flexibility index (Phi) is 3.41. The predicted molar refractivity (Wildman–Crippen MR) is 66.4 cm³/mol. The van der Waals surface area contributed by atoms with Crippen LogP contribution >= 0.6 is 0 Å². The molecule has 0 saturated carbocycles. The van der Waals surface area contributed by atoms with Crippen LogP contribution in [0.25, 0.3) is 0 Å². The van der Waals surface area contributed by atoms with Gasteiger partial charge in [-0.1, -0.05) is 29.5 Å². The van der Waals surface area contributed by atoms with E-state index in [1.807, 2.05) is 38.1 Å². The molecule has 1 aromatic heterocycles. The van der Waals surface area contributed by atoms with Crippen LogP contribution in [-0.4, -0.2) is 26.1 Å². The highest BCUT2D eigenvalue weighted by Gasteiger charge is 2.12. The molecule has 0 radical (unpaired) electrons. The van der Waals surface area contributed by atoms with Gasteiger partial charge in [-0.05, 0) is 25.0 Å². The van der Waals surface area contributed by atoms with Crippen molar-refractivity contribution in [3.8, 4) is 0 Å². The molecule has 0 unspecified atom stereocenters. The summed E-state index contributed by atoms with van der Waals surface area (Å²) in [6.07, 6.45) is -0.0837. The zero-order chi connectivity index (χ0) is 13.1. The first kappa shape index (κ1) is 12.3. The Morgan fingerprint density at radius 1 is 1.33 bits per heavy atom. The molecule has 1 aromatic carbocycles. The minimum atomic E-state index is -0.888. The second-order valence-corrected chi connectivity index (χ2v) is 4.28. The lowest BCUT2D eigenvalue weighted by Gasteiger charge is -2.06. The van der Waals surface area contributed by atoms with Crippen LogP contribution in [0.5, 0.6) is 0 Å². The van der Waals surface area contributed by atoms with Gasteiger partial charge in [0.2, 0.25) is 0 Å². The van der Waals surface area contributed by atoms with E-state index in [1.165, 1.54) is 5.56 Å². The number of aromatic nitrogens is 3. The van der Waals surface area contributed by atoms with Crippen LogP contribution in [0.15, 0.2) is 24.3 Å². The molecule has 1 N–H and O–H groups in total. The van der Waals surface area contributed by atoms with Crippen LogP contribution in [0.4, 0.5) is 0 Å². The van der Waals surface area contributed by atoms with E-state index in [0.717, 1.165) is 11.3 Å². The summed E-state index contributed by atoms with van der Waals surface area (Å²) in [5.74, 6) is -0.888. The molecule has 5 nitrogen and oxygen atoms in total. The third kappa shape index (κ3) is 2.56. The summed E-state index contributed by atoms with van der Waals surface area (Å²) in [6, 6.07) is 8.04. The number of hydrogen-bond donors (Lipinski definition) is 1. The van der Waals surface area contributed by atoms with Crippen LogP contribution in [0, 0.1) is 13.8 Å². The topological polar surface area (TPSA) is 68.0 Å². The maximum Gasteiger partial charge on any atom is 0.309 e. The number of carboxylic acid groups (broad SMARTS) is 1. The number of aliphatic carboxylic acids is 1. The molecule has 18 heavy (non-hydrogen) atoms. The first-order valence-electron chi connectivity index (χ1n) is 5.73. The molecule has 0 saturated heterocycles. The second-order valence-electron chi connectivity index (χ2n) is 4.28. The Hall–Kier alpha value is -2.17. The van der Waals surface area contributed by atoms with Gasteiger partial charge >= 0.3 is 5.97 Å². The number of carboxylic acids is 1. The quantitative estimate of drug-likeness (QED) is 0.887. The van der Waals surface area contributed by atoms with Gasteiger partial charge in [-0.3, -0.25) is 4.79 Å². The Bertz CT molecular complexity index is 575. The maximum atomic E-state index is 10.7. The molecule has 2 aromatic rings. The number of carbonyl (C=O) groups is 1. The molecular weight excluding hydrogens is 230 g/mol. The molecule has 0 amide bonds. The van der Waals surface area contributed by atoms with Gasteiger partial charge < -0.3 is 5.11 Å². The van der Waals surface area contributed by atoms with Crippen molar-refractivity contribution in [2.24, 2.45) is 0 Å². The molecular formula is C13H15N3O2. The van der Waals surface area contributed by atoms with Gasteiger partial charge in [-0.25, -0.2) is 4.68 Å². The van der Waals surface area contributed by atoms with E-state index in [1.54, 1.807) is 4.68 Å². The largest absolute Gasteiger partial charge is 0.481 e. The van der Waals surface area contributed by atoms with Gasteiger partial charge in [0.05, 0.1) is 24.4 Å². The molecule has 0 fully saturated rings. The zero-order valence-electron chi connectivity index (χ0n) is 10.4. The number of nitrogens with zero attached hydrogens (tertiary/aromatic N) is 3. The summed E-state index contributed by atoms with van der Waals surface area (Å²) in [6.45, 7) is 4.50. The fourth-order valence-electron chi connectivity index (χ4n) is 1.80. The molecule has 0 spiro atoms. The Morgan fingerprint density at radius 2 is 2.06 bits per heavy atom. The smallest absolute Gasteiger partial charge is 0.309 e. The predicted octanol–water partition coefficient (Wildman–Crippen LogP) is 1.57. The average molecular weight is 245 g/mol. The Balaban J connectivity index is 2.23. The summed E-state index contributed by atoms with van der Waals surface area (Å²) in [5, 5.41) is 16.7. The highest BCUT2D eigenvalue weighted by atomic mass is 16.4. The molecule has 94 valence electrons. The summed E-state index contributed by atoms with van der Waals surface area (Å²) in [4.78, 5) is 10.7. The van der Waals surface area contributed by atoms with Gasteiger partial charge in [0.15, 0.2) is 0 Å². The maximum absolute atomic E-state index is 10.7. The van der Waals surface area contributed by atoms with Crippen molar-refractivity contribution in [1.82, 2.24) is 15.0 Å². The van der Waals surface area contributed by atoms with Crippen molar-refractivity contribution in [2.75, 3.05) is 0 Å². The van der Waals surface area contributed by atoms with Crippen molar-refractivity contribution in [2.45, 2.75) is 26.8 Å². The van der Waals surface area contributed by atoms with Crippen LogP contribution in [0.2, 0.25) is 0 Å². The SMILES string of the molecule is Cc1ccccc1Cn1nnc(CC(=O)O)c1C. The van der Waals surface area contributed by atoms with E-state index >= 15 is 0 Å². The van der Waals surface area contributed by atoms with Crippen molar-refractivity contribution >= 4 is 5.97 Å². The lowest BCUT2D eigenvalue weighted by atomic mass is 10.1. The van der Waals surface area contributed by atoms with Crippen molar-refractivity contribution in [3.63, 3.8) is 0 Å². The average Bonchev–Trinajstić information content (AvgIpc) is 2.64. The van der Waals surface area contributed by atoms with Gasteiger partial charge in [0.1, 0.15) is 0 Å². The fraction of sp³-hybridized carbons (Fsp3) is 0.308. The van der Waals surface area contributed by atoms with Crippen molar-refractivity contribution in [1.29, 1.82) is 0 Å². The van der Waals surface area contributed by atoms with E-state index in [2.05, 4.69) is 10.3 Å². The van der Waals surface area contributed by atoms with E-state index in [-0.39, 0.29) is 6.42 Å². The number of aryl methyl sites for hydroxylation is 1. The van der Waals surface area contributed by atoms with Crippen LogP contribution in [-0.2, 0) is 17.8 Å². The van der Waals surface area contributed by atoms with E-state index < -0.39 is 5.97 Å². The second kappa shape index (κ2) is 5.00. The van der Waals surface area contributed by atoms with E-state index in [4.69, 9.17) is 5.11 Å². The number of benzene rings is 1. The molecule has 5 heteroatoms. The molecule has 0 aliphatic rings. The normalized spacial score (nSPS) is 10.6. The molecule has 1 heterocycles. The van der Waals surface area contributed by atoms with E-state index in [0.29, 0.717) is 12.2 Å². The minimum Gasteiger partial charge on any atom is -0.481 e. The summed E-state index contributed by atoms with van der Waals surface area (Å²) < 4.78 is 1.74. The lowest BCUT2D eigenvalue weighted by Crippen LogP contribution is -2.07.